The Morgan fingerprint density at radius 1 is 1.64 bits per heavy atom. The quantitative estimate of drug-likeness (QED) is 0.847. The first-order valence-corrected chi connectivity index (χ1v) is 8.03. The molecule has 0 bridgehead atoms. The maximum atomic E-state index is 12.4. The molecule has 0 saturated heterocycles. The van der Waals surface area contributed by atoms with Crippen molar-refractivity contribution in [3.8, 4) is 5.88 Å². The third-order valence-corrected chi connectivity index (χ3v) is 4.64. The van der Waals surface area contributed by atoms with Gasteiger partial charge in [0.2, 0.25) is 5.88 Å². The van der Waals surface area contributed by atoms with Gasteiger partial charge in [0.1, 0.15) is 0 Å². The molecule has 0 radical (unpaired) electrons. The zero-order valence-corrected chi connectivity index (χ0v) is 13.6. The summed E-state index contributed by atoms with van der Waals surface area (Å²) in [5.74, 6) is 0.335. The Morgan fingerprint density at radius 2 is 2.41 bits per heavy atom. The fourth-order valence-corrected chi connectivity index (χ4v) is 2.81. The summed E-state index contributed by atoms with van der Waals surface area (Å²) in [5, 5.41) is 12.6. The maximum absolute atomic E-state index is 12.4. The molecule has 5 heteroatoms. The fourth-order valence-electron chi connectivity index (χ4n) is 2.81. The highest BCUT2D eigenvalue weighted by atomic mass is 16.5. The summed E-state index contributed by atoms with van der Waals surface area (Å²) in [6, 6.07) is 3.37. The van der Waals surface area contributed by atoms with Crippen molar-refractivity contribution in [3.05, 3.63) is 23.9 Å². The van der Waals surface area contributed by atoms with Crippen molar-refractivity contribution in [1.29, 1.82) is 0 Å². The lowest BCUT2D eigenvalue weighted by atomic mass is 9.85. The minimum atomic E-state index is -0.223. The predicted molar refractivity (Wildman–Crippen MR) is 84.9 cm³/mol. The molecule has 0 aliphatic heterocycles. The van der Waals surface area contributed by atoms with Crippen molar-refractivity contribution < 1.29 is 14.6 Å². The fraction of sp³-hybridized carbons (Fsp3) is 0.647. The number of aromatic nitrogens is 1. The first-order valence-electron chi connectivity index (χ1n) is 8.03. The van der Waals surface area contributed by atoms with Crippen LogP contribution in [-0.2, 0) is 0 Å². The number of aliphatic hydroxyl groups is 1. The lowest BCUT2D eigenvalue weighted by Gasteiger charge is -2.30. The Kier molecular flexibility index (Phi) is 5.40. The summed E-state index contributed by atoms with van der Waals surface area (Å²) in [5.41, 5.74) is 0.319. The van der Waals surface area contributed by atoms with Crippen LogP contribution in [0.5, 0.6) is 5.88 Å². The molecular weight excluding hydrogens is 280 g/mol. The molecule has 1 amide bonds. The number of carbonyl (C=O) groups is 1. The average Bonchev–Trinajstić information content (AvgIpc) is 2.89. The minimum Gasteiger partial charge on any atom is -0.475 e. The average molecular weight is 306 g/mol. The van der Waals surface area contributed by atoms with Gasteiger partial charge >= 0.3 is 0 Å². The van der Waals surface area contributed by atoms with Gasteiger partial charge in [-0.3, -0.25) is 4.79 Å². The number of nitrogens with zero attached hydrogens (tertiary/aromatic N) is 1. The highest BCUT2D eigenvalue weighted by Gasteiger charge is 2.39. The number of amides is 1. The molecule has 122 valence electrons. The van der Waals surface area contributed by atoms with E-state index >= 15 is 0 Å². The number of nitrogens with one attached hydrogen (secondary N) is 1. The van der Waals surface area contributed by atoms with Crippen molar-refractivity contribution in [3.63, 3.8) is 0 Å². The van der Waals surface area contributed by atoms with Crippen LogP contribution in [0.4, 0.5) is 0 Å². The van der Waals surface area contributed by atoms with E-state index in [1.54, 1.807) is 18.3 Å². The summed E-state index contributed by atoms with van der Waals surface area (Å²) >= 11 is 0. The summed E-state index contributed by atoms with van der Waals surface area (Å²) in [6.07, 6.45) is 5.41. The molecule has 3 unspecified atom stereocenters. The van der Waals surface area contributed by atoms with Gasteiger partial charge in [-0.1, -0.05) is 20.3 Å². The predicted octanol–water partition coefficient (Wildman–Crippen LogP) is 2.54. The summed E-state index contributed by atoms with van der Waals surface area (Å²) < 4.78 is 5.66. The molecule has 1 saturated carbocycles. The van der Waals surface area contributed by atoms with Crippen LogP contribution in [0.1, 0.15) is 56.8 Å². The van der Waals surface area contributed by atoms with Crippen LogP contribution >= 0.6 is 0 Å². The second-order valence-electron chi connectivity index (χ2n) is 6.45. The Balaban J connectivity index is 2.05. The van der Waals surface area contributed by atoms with Gasteiger partial charge in [0.05, 0.1) is 12.7 Å². The van der Waals surface area contributed by atoms with E-state index in [1.807, 2.05) is 20.8 Å². The molecule has 1 heterocycles. The zero-order valence-electron chi connectivity index (χ0n) is 13.6. The van der Waals surface area contributed by atoms with E-state index in [2.05, 4.69) is 10.3 Å². The molecule has 2 N–H and O–H groups in total. The van der Waals surface area contributed by atoms with Gasteiger partial charge in [0.25, 0.3) is 5.91 Å². The van der Waals surface area contributed by atoms with Crippen molar-refractivity contribution in [2.45, 2.75) is 58.6 Å². The molecule has 5 nitrogen and oxygen atoms in total. The van der Waals surface area contributed by atoms with Crippen LogP contribution in [-0.4, -0.2) is 34.8 Å². The number of aliphatic hydroxyl groups excluding tert-OH is 1. The Morgan fingerprint density at radius 3 is 3.09 bits per heavy atom. The van der Waals surface area contributed by atoms with E-state index in [0.717, 1.165) is 25.7 Å². The molecule has 1 fully saturated rings. The zero-order chi connectivity index (χ0) is 16.2. The highest BCUT2D eigenvalue weighted by Crippen LogP contribution is 2.37. The number of carbonyl (C=O) groups excluding carboxylic acids is 1. The number of hydrogen-bond donors (Lipinski definition) is 2. The second-order valence-corrected chi connectivity index (χ2v) is 6.45. The van der Waals surface area contributed by atoms with Crippen LogP contribution < -0.4 is 10.1 Å². The van der Waals surface area contributed by atoms with E-state index < -0.39 is 0 Å². The van der Waals surface area contributed by atoms with E-state index in [1.165, 1.54) is 0 Å². The largest absolute Gasteiger partial charge is 0.475 e. The smallest absolute Gasteiger partial charge is 0.251 e. The molecule has 3 atom stereocenters. The molecule has 1 aromatic rings. The third kappa shape index (κ3) is 3.77. The molecular formula is C17H26N2O3. The first-order chi connectivity index (χ1) is 10.5. The summed E-state index contributed by atoms with van der Waals surface area (Å²) in [4.78, 5) is 16.6. The Hall–Kier alpha value is -1.62. The Labute approximate surface area is 132 Å². The third-order valence-electron chi connectivity index (χ3n) is 4.64. The van der Waals surface area contributed by atoms with Crippen molar-refractivity contribution in [2.24, 2.45) is 5.41 Å². The molecule has 2 rings (SSSR count). The van der Waals surface area contributed by atoms with Gasteiger partial charge in [0.15, 0.2) is 0 Å². The number of pyridine rings is 1. The van der Waals surface area contributed by atoms with Crippen LogP contribution in [0, 0.1) is 5.41 Å². The summed E-state index contributed by atoms with van der Waals surface area (Å²) in [6.45, 7) is 6.13. The topological polar surface area (TPSA) is 71.5 Å². The van der Waals surface area contributed by atoms with Crippen LogP contribution in [0.2, 0.25) is 0 Å². The second kappa shape index (κ2) is 7.09. The molecule has 0 aromatic carbocycles. The van der Waals surface area contributed by atoms with Gasteiger partial charge < -0.3 is 15.2 Å². The van der Waals surface area contributed by atoms with E-state index in [4.69, 9.17) is 4.74 Å². The SMILES string of the molecule is CCC(C)Oc1cc(C(=O)NC2CCCC2(C)CO)ccn1. The van der Waals surface area contributed by atoms with Crippen molar-refractivity contribution in [2.75, 3.05) is 6.61 Å². The van der Waals surface area contributed by atoms with Gasteiger partial charge in [0, 0.05) is 29.3 Å². The van der Waals surface area contributed by atoms with Crippen molar-refractivity contribution in [1.82, 2.24) is 10.3 Å². The molecule has 1 aliphatic rings. The van der Waals surface area contributed by atoms with Crippen LogP contribution in [0.25, 0.3) is 0 Å². The number of rotatable bonds is 6. The van der Waals surface area contributed by atoms with E-state index in [9.17, 15) is 9.90 Å². The first kappa shape index (κ1) is 16.7. The van der Waals surface area contributed by atoms with Crippen LogP contribution in [0.3, 0.4) is 0 Å². The molecule has 22 heavy (non-hydrogen) atoms. The van der Waals surface area contributed by atoms with Gasteiger partial charge in [-0.25, -0.2) is 4.98 Å². The van der Waals surface area contributed by atoms with Gasteiger partial charge in [-0.05, 0) is 32.3 Å². The normalized spacial score (nSPS) is 25.7. The minimum absolute atomic E-state index is 0.0112. The standard InChI is InChI=1S/C17H26N2O3/c1-4-12(2)22-15-10-13(7-9-18-15)16(21)19-14-6-5-8-17(14,3)11-20/h7,9-10,12,14,20H,4-6,8,11H2,1-3H3,(H,19,21). The highest BCUT2D eigenvalue weighted by molar-refractivity contribution is 5.94. The molecule has 0 spiro atoms. The van der Waals surface area contributed by atoms with Gasteiger partial charge in [-0.15, -0.1) is 0 Å². The van der Waals surface area contributed by atoms with Crippen LogP contribution in [0.15, 0.2) is 18.3 Å². The van der Waals surface area contributed by atoms with E-state index in [0.29, 0.717) is 11.4 Å². The lowest BCUT2D eigenvalue weighted by Crippen LogP contribution is -2.44. The Bertz CT molecular complexity index is 520. The van der Waals surface area contributed by atoms with E-state index in [-0.39, 0.29) is 30.1 Å². The lowest BCUT2D eigenvalue weighted by molar-refractivity contribution is 0.0829. The maximum Gasteiger partial charge on any atom is 0.251 e. The number of ether oxygens (including phenoxy) is 1. The monoisotopic (exact) mass is 306 g/mol. The molecule has 1 aromatic heterocycles. The number of hydrogen-bond acceptors (Lipinski definition) is 4. The summed E-state index contributed by atoms with van der Waals surface area (Å²) in [7, 11) is 0. The van der Waals surface area contributed by atoms with Crippen molar-refractivity contribution >= 4 is 5.91 Å². The van der Waals surface area contributed by atoms with Gasteiger partial charge in [-0.2, -0.15) is 0 Å². The molecule has 1 aliphatic carbocycles.